The Morgan fingerprint density at radius 1 is 0.820 bits per heavy atom. The van der Waals surface area contributed by atoms with E-state index in [0.717, 1.165) is 56.7 Å². The highest BCUT2D eigenvalue weighted by molar-refractivity contribution is 8.78. The van der Waals surface area contributed by atoms with Crippen LogP contribution in [0.5, 0.6) is 0 Å². The molecule has 0 fully saturated rings. The van der Waals surface area contributed by atoms with Crippen LogP contribution in [0.2, 0.25) is 0 Å². The Balaban J connectivity index is 0.00000277. The van der Waals surface area contributed by atoms with Crippen LogP contribution < -0.4 is 0 Å². The fourth-order valence-corrected chi connectivity index (χ4v) is 9.52. The van der Waals surface area contributed by atoms with E-state index in [4.69, 9.17) is 16.4 Å². The van der Waals surface area contributed by atoms with Crippen LogP contribution in [0.4, 0.5) is 0 Å². The van der Waals surface area contributed by atoms with Gasteiger partial charge in [-0.1, -0.05) is 175 Å². The van der Waals surface area contributed by atoms with Crippen molar-refractivity contribution in [1.29, 1.82) is 0 Å². The summed E-state index contributed by atoms with van der Waals surface area (Å²) in [5.74, 6) is 3.68. The zero-order valence-corrected chi connectivity index (χ0v) is 36.6. The minimum absolute atomic E-state index is 0.541. The largest absolute Gasteiger partial charge is 0.266 e. The standard InChI is InChI=1S/C53H42N4S2.C2H6/c1-5-6-7-8-9-10-32-56-52(42-31-30-40-25-23-36(2)22-24-37(3)58-59-50(40)35-42)57-53(54-4)47-19-11-15-41-34-48-44(16-12-18-46(48)51(41)47)39-28-26-38(27-29-39)43-17-13-21-49-45(43)20-14-33-55-49;1-2/h1,6-9,11-24,26-31,33,35H,3-4,10,25,32,34H2,2H3;1-2H3/b7-6-,9-8-,24-22-,36-23?,56-52?,57-53?;. The van der Waals surface area contributed by atoms with Crippen LogP contribution >= 0.6 is 21.6 Å². The lowest BCUT2D eigenvalue weighted by molar-refractivity contribution is 1.00. The zero-order chi connectivity index (χ0) is 42.6. The molecular formula is C55H48N4S2. The topological polar surface area (TPSA) is 50.0 Å². The smallest absolute Gasteiger partial charge is 0.161 e. The van der Waals surface area contributed by atoms with Gasteiger partial charge in [0.2, 0.25) is 0 Å². The van der Waals surface area contributed by atoms with E-state index < -0.39 is 0 Å². The number of allylic oxidation sites excluding steroid dienone is 7. The van der Waals surface area contributed by atoms with E-state index in [9.17, 15) is 0 Å². The fraction of sp³-hybridized carbons (Fsp3) is 0.127. The summed E-state index contributed by atoms with van der Waals surface area (Å²) in [4.78, 5) is 21.6. The number of aromatic nitrogens is 1. The summed E-state index contributed by atoms with van der Waals surface area (Å²) in [6.07, 6.45) is 23.6. The highest BCUT2D eigenvalue weighted by Gasteiger charge is 2.26. The van der Waals surface area contributed by atoms with E-state index in [0.29, 0.717) is 18.2 Å². The molecule has 0 bridgehead atoms. The fourth-order valence-electron chi connectivity index (χ4n) is 7.54. The Morgan fingerprint density at radius 3 is 2.41 bits per heavy atom. The maximum Gasteiger partial charge on any atom is 0.161 e. The summed E-state index contributed by atoms with van der Waals surface area (Å²) in [5, 5.41) is 1.15. The lowest BCUT2D eigenvalue weighted by atomic mass is 9.93. The maximum atomic E-state index is 5.37. The number of fused-ring (bicyclic) bond motifs is 5. The average Bonchev–Trinajstić information content (AvgIpc) is 3.70. The van der Waals surface area contributed by atoms with Gasteiger partial charge < -0.3 is 0 Å². The molecule has 1 aromatic heterocycles. The van der Waals surface area contributed by atoms with Crippen molar-refractivity contribution in [2.24, 2.45) is 15.0 Å². The van der Waals surface area contributed by atoms with Gasteiger partial charge in [0, 0.05) is 39.1 Å². The van der Waals surface area contributed by atoms with E-state index in [-0.39, 0.29) is 0 Å². The average molecular weight is 829 g/mol. The van der Waals surface area contributed by atoms with Crippen LogP contribution in [0.1, 0.15) is 55.0 Å². The normalized spacial score (nSPS) is 14.4. The first kappa shape index (κ1) is 42.6. The third kappa shape index (κ3) is 9.93. The van der Waals surface area contributed by atoms with E-state index >= 15 is 0 Å². The van der Waals surface area contributed by atoms with E-state index in [1.165, 1.54) is 50.1 Å². The highest BCUT2D eigenvalue weighted by Crippen LogP contribution is 2.44. The van der Waals surface area contributed by atoms with Gasteiger partial charge >= 0.3 is 0 Å². The third-order valence-corrected chi connectivity index (χ3v) is 12.9. The minimum Gasteiger partial charge on any atom is -0.266 e. The Kier molecular flexibility index (Phi) is 14.4. The lowest BCUT2D eigenvalue weighted by Gasteiger charge is -2.14. The first-order chi connectivity index (χ1) is 30.0. The number of amidine groups is 2. The van der Waals surface area contributed by atoms with Gasteiger partial charge in [-0.05, 0) is 113 Å². The number of benzene rings is 5. The Hall–Kier alpha value is -6.52. The third-order valence-electron chi connectivity index (χ3n) is 10.5. The number of terminal acetylenes is 1. The molecule has 2 heterocycles. The lowest BCUT2D eigenvalue weighted by Crippen LogP contribution is -2.08. The van der Waals surface area contributed by atoms with Gasteiger partial charge in [0.25, 0.3) is 0 Å². The predicted molar refractivity (Wildman–Crippen MR) is 267 cm³/mol. The second-order valence-corrected chi connectivity index (χ2v) is 16.6. The molecule has 0 amide bonds. The summed E-state index contributed by atoms with van der Waals surface area (Å²) in [5.41, 5.74) is 14.9. The molecular weight excluding hydrogens is 781 g/mol. The van der Waals surface area contributed by atoms with Crippen molar-refractivity contribution in [2.45, 2.75) is 44.9 Å². The molecule has 6 aromatic rings. The minimum atomic E-state index is 0.541. The van der Waals surface area contributed by atoms with Crippen molar-refractivity contribution < 1.29 is 0 Å². The number of aliphatic imine (C=N–C) groups is 3. The monoisotopic (exact) mass is 828 g/mol. The summed E-state index contributed by atoms with van der Waals surface area (Å²) in [7, 11) is 3.38. The van der Waals surface area contributed by atoms with Crippen LogP contribution in [-0.4, -0.2) is 29.9 Å². The van der Waals surface area contributed by atoms with Crippen molar-refractivity contribution in [3.8, 4) is 45.7 Å². The molecule has 6 heteroatoms. The van der Waals surface area contributed by atoms with Gasteiger partial charge in [-0.3, -0.25) is 9.98 Å². The summed E-state index contributed by atoms with van der Waals surface area (Å²) >= 11 is 0. The highest BCUT2D eigenvalue weighted by atomic mass is 33.1. The first-order valence-corrected chi connectivity index (χ1v) is 22.7. The van der Waals surface area contributed by atoms with Crippen LogP contribution in [0, 0.1) is 12.3 Å². The molecule has 0 N–H and O–H groups in total. The number of pyridine rings is 1. The van der Waals surface area contributed by atoms with Crippen molar-refractivity contribution in [1.82, 2.24) is 4.98 Å². The van der Waals surface area contributed by atoms with Crippen molar-refractivity contribution in [2.75, 3.05) is 6.54 Å². The molecule has 0 radical (unpaired) electrons. The zero-order valence-electron chi connectivity index (χ0n) is 34.9. The second-order valence-electron chi connectivity index (χ2n) is 14.3. The number of hydrogen-bond acceptors (Lipinski definition) is 4. The molecule has 0 spiro atoms. The van der Waals surface area contributed by atoms with E-state index in [2.05, 4.69) is 164 Å². The van der Waals surface area contributed by atoms with Crippen LogP contribution in [0.25, 0.3) is 44.3 Å². The van der Waals surface area contributed by atoms with Gasteiger partial charge in [0.05, 0.1) is 5.52 Å². The molecule has 1 aliphatic carbocycles. The van der Waals surface area contributed by atoms with Gasteiger partial charge in [0.15, 0.2) is 11.7 Å². The first-order valence-electron chi connectivity index (χ1n) is 20.6. The molecule has 0 unspecified atom stereocenters. The molecule has 5 aromatic carbocycles. The Morgan fingerprint density at radius 2 is 1.59 bits per heavy atom. The van der Waals surface area contributed by atoms with E-state index in [1.54, 1.807) is 27.7 Å². The summed E-state index contributed by atoms with van der Waals surface area (Å²) in [6.45, 7) is 15.0. The molecule has 61 heavy (non-hydrogen) atoms. The van der Waals surface area contributed by atoms with Crippen LogP contribution in [0.3, 0.4) is 0 Å². The van der Waals surface area contributed by atoms with E-state index in [1.807, 2.05) is 38.3 Å². The number of nitrogens with zero attached hydrogens (tertiary/aromatic N) is 4. The molecule has 0 atom stereocenters. The Labute approximate surface area is 368 Å². The van der Waals surface area contributed by atoms with Crippen molar-refractivity contribution in [3.63, 3.8) is 0 Å². The summed E-state index contributed by atoms with van der Waals surface area (Å²) < 4.78 is 0. The quantitative estimate of drug-likeness (QED) is 0.0383. The SMILES string of the molecule is C#C/C=C\C=C/CCN=C(N=C(N=C)c1cccc2c1-c1cccc(-c3ccc(-c4cccc5ncccc45)cc3)c1C2)c1ccc2c(c1)SSC(=C)/C=C\C(C)=CC2.CC. The van der Waals surface area contributed by atoms with Gasteiger partial charge in [-0.2, -0.15) is 0 Å². The molecule has 2 aliphatic rings. The van der Waals surface area contributed by atoms with Crippen molar-refractivity contribution >= 4 is 50.9 Å². The molecule has 8 rings (SSSR count). The molecule has 1 aliphatic heterocycles. The number of rotatable bonds is 8. The predicted octanol–water partition coefficient (Wildman–Crippen LogP) is 14.5. The summed E-state index contributed by atoms with van der Waals surface area (Å²) in [6, 6.07) is 38.9. The second kappa shape index (κ2) is 20.6. The van der Waals surface area contributed by atoms with Crippen LogP contribution in [0.15, 0.2) is 195 Å². The molecule has 0 saturated heterocycles. The maximum absolute atomic E-state index is 5.37. The molecule has 4 nitrogen and oxygen atoms in total. The van der Waals surface area contributed by atoms with Gasteiger partial charge in [-0.25, -0.2) is 9.98 Å². The number of hydrogen-bond donors (Lipinski definition) is 0. The van der Waals surface area contributed by atoms with Crippen LogP contribution in [-0.2, 0) is 12.8 Å². The van der Waals surface area contributed by atoms with Gasteiger partial charge in [-0.15, -0.1) is 6.42 Å². The molecule has 300 valence electrons. The van der Waals surface area contributed by atoms with Crippen molar-refractivity contribution in [3.05, 3.63) is 203 Å². The van der Waals surface area contributed by atoms with Gasteiger partial charge in [0.1, 0.15) is 0 Å². The Bertz CT molecular complexity index is 2820. The molecule has 0 saturated carbocycles.